The maximum atomic E-state index is 11.9. The zero-order chi connectivity index (χ0) is 8.48. The molecule has 0 fully saturated rings. The second kappa shape index (κ2) is 2.76. The van der Waals surface area contributed by atoms with Gasteiger partial charge >= 0.3 is 6.18 Å². The second-order valence-electron chi connectivity index (χ2n) is 2.06. The van der Waals surface area contributed by atoms with Crippen LogP contribution in [0.2, 0.25) is 0 Å². The molecule has 0 unspecified atom stereocenters. The number of hydrogen-bond donors (Lipinski definition) is 0. The molecule has 0 saturated heterocycles. The van der Waals surface area contributed by atoms with Crippen molar-refractivity contribution in [3.05, 3.63) is 28.5 Å². The first-order valence-corrected chi connectivity index (χ1v) is 3.26. The van der Waals surface area contributed by atoms with E-state index in [1.54, 1.807) is 0 Å². The lowest BCUT2D eigenvalue weighted by molar-refractivity contribution is -0.0927. The predicted octanol–water partition coefficient (Wildman–Crippen LogP) is 3.16. The molecule has 0 amide bonds. The van der Waals surface area contributed by atoms with Gasteiger partial charge < -0.3 is 0 Å². The lowest BCUT2D eigenvalue weighted by Gasteiger charge is -2.08. The van der Waals surface area contributed by atoms with Crippen molar-refractivity contribution in [1.29, 1.82) is 0 Å². The summed E-state index contributed by atoms with van der Waals surface area (Å²) in [5.74, 6) is 0. The van der Waals surface area contributed by atoms with Crippen LogP contribution in [-0.4, -0.2) is 6.18 Å². The normalized spacial score (nSPS) is 17.8. The van der Waals surface area contributed by atoms with E-state index in [2.05, 4.69) is 5.73 Å². The van der Waals surface area contributed by atoms with Crippen molar-refractivity contribution in [1.82, 2.24) is 0 Å². The molecule has 0 saturated carbocycles. The van der Waals surface area contributed by atoms with Gasteiger partial charge in [-0.25, -0.2) is 0 Å². The van der Waals surface area contributed by atoms with Crippen molar-refractivity contribution < 1.29 is 13.2 Å². The largest absolute Gasteiger partial charge is 0.420 e. The highest BCUT2D eigenvalue weighted by atomic mass is 35.5. The van der Waals surface area contributed by atoms with Crippen LogP contribution in [0.4, 0.5) is 13.2 Å². The molecule has 0 nitrogen and oxygen atoms in total. The topological polar surface area (TPSA) is 0 Å². The molecule has 0 spiro atoms. The van der Waals surface area contributed by atoms with Gasteiger partial charge in [0, 0.05) is 11.5 Å². The highest BCUT2D eigenvalue weighted by Crippen LogP contribution is 2.30. The molecule has 1 aliphatic carbocycles. The summed E-state index contributed by atoms with van der Waals surface area (Å²) in [5, 5.41) is 0.304. The lowest BCUT2D eigenvalue weighted by Crippen LogP contribution is -2.11. The summed E-state index contributed by atoms with van der Waals surface area (Å²) in [6.45, 7) is 0. The van der Waals surface area contributed by atoms with Gasteiger partial charge in [0.2, 0.25) is 0 Å². The average molecular weight is 181 g/mol. The number of hydrogen-bond acceptors (Lipinski definition) is 0. The van der Waals surface area contributed by atoms with Gasteiger partial charge in [-0.15, -0.1) is 5.73 Å². The standard InChI is InChI=1S/C7H4ClF3/c8-6-3-1-5(2-4-6)7(9,10)11/h3-4H,1H2. The average Bonchev–Trinajstić information content (AvgIpc) is 1.86. The molecule has 1 rings (SSSR count). The predicted molar refractivity (Wildman–Crippen MR) is 36.2 cm³/mol. The first-order chi connectivity index (χ1) is 5.00. The van der Waals surface area contributed by atoms with Gasteiger partial charge in [0.25, 0.3) is 0 Å². The minimum absolute atomic E-state index is 0.182. The van der Waals surface area contributed by atoms with E-state index in [-0.39, 0.29) is 6.42 Å². The van der Waals surface area contributed by atoms with Crippen molar-refractivity contribution in [3.63, 3.8) is 0 Å². The molecule has 0 aromatic heterocycles. The van der Waals surface area contributed by atoms with Crippen molar-refractivity contribution >= 4 is 11.6 Å². The molecule has 11 heavy (non-hydrogen) atoms. The summed E-state index contributed by atoms with van der Waals surface area (Å²) >= 11 is 5.39. The Kier molecular flexibility index (Phi) is 2.12. The fourth-order valence-electron chi connectivity index (χ4n) is 0.671. The first kappa shape index (κ1) is 8.44. The molecule has 4 heteroatoms. The van der Waals surface area contributed by atoms with Gasteiger partial charge in [-0.05, 0) is 6.08 Å². The molecular formula is C7H4ClF3. The lowest BCUT2D eigenvalue weighted by atomic mass is 10.1. The quantitative estimate of drug-likeness (QED) is 0.503. The Morgan fingerprint density at radius 1 is 1.45 bits per heavy atom. The SMILES string of the molecule is FC(F)(F)C1=C=CC(Cl)=CC1. The van der Waals surface area contributed by atoms with Crippen LogP contribution in [0.25, 0.3) is 0 Å². The number of allylic oxidation sites excluding steroid dienone is 3. The number of alkyl halides is 3. The monoisotopic (exact) mass is 180 g/mol. The Hall–Kier alpha value is -0.660. The summed E-state index contributed by atoms with van der Waals surface area (Å²) in [5.41, 5.74) is 1.40. The third kappa shape index (κ3) is 2.14. The molecule has 0 heterocycles. The van der Waals surface area contributed by atoms with E-state index in [1.165, 1.54) is 6.08 Å². The van der Waals surface area contributed by atoms with Crippen LogP contribution in [0.15, 0.2) is 28.5 Å². The second-order valence-corrected chi connectivity index (χ2v) is 2.49. The zero-order valence-corrected chi connectivity index (χ0v) is 6.13. The van der Waals surface area contributed by atoms with E-state index in [1.807, 2.05) is 0 Å². The Labute approximate surface area is 66.7 Å². The third-order valence-corrected chi connectivity index (χ3v) is 1.49. The summed E-state index contributed by atoms with van der Waals surface area (Å²) < 4.78 is 35.6. The van der Waals surface area contributed by atoms with Gasteiger partial charge in [-0.3, -0.25) is 0 Å². The zero-order valence-electron chi connectivity index (χ0n) is 5.37. The van der Waals surface area contributed by atoms with E-state index >= 15 is 0 Å². The van der Waals surface area contributed by atoms with Crippen molar-refractivity contribution in [3.8, 4) is 0 Å². The first-order valence-electron chi connectivity index (χ1n) is 2.88. The van der Waals surface area contributed by atoms with E-state index in [9.17, 15) is 13.2 Å². The van der Waals surface area contributed by atoms with Gasteiger partial charge in [-0.2, -0.15) is 13.2 Å². The van der Waals surface area contributed by atoms with Crippen LogP contribution in [-0.2, 0) is 0 Å². The molecule has 60 valence electrons. The highest BCUT2D eigenvalue weighted by Gasteiger charge is 2.33. The molecule has 0 radical (unpaired) electrons. The Morgan fingerprint density at radius 3 is 2.45 bits per heavy atom. The van der Waals surface area contributed by atoms with Crippen LogP contribution in [0.5, 0.6) is 0 Å². The van der Waals surface area contributed by atoms with Crippen LogP contribution in [0, 0.1) is 0 Å². The summed E-state index contributed by atoms with van der Waals surface area (Å²) in [7, 11) is 0. The molecule has 0 aromatic rings. The van der Waals surface area contributed by atoms with Crippen molar-refractivity contribution in [2.75, 3.05) is 0 Å². The van der Waals surface area contributed by atoms with Crippen molar-refractivity contribution in [2.24, 2.45) is 0 Å². The molecule has 0 aliphatic heterocycles. The maximum absolute atomic E-state index is 11.9. The van der Waals surface area contributed by atoms with E-state index in [0.717, 1.165) is 6.08 Å². The minimum atomic E-state index is -4.27. The molecule has 0 atom stereocenters. The smallest absolute Gasteiger partial charge is 0.166 e. The van der Waals surface area contributed by atoms with E-state index in [0.29, 0.717) is 5.03 Å². The molecular weight excluding hydrogens is 177 g/mol. The van der Waals surface area contributed by atoms with E-state index < -0.39 is 11.7 Å². The number of halogens is 4. The van der Waals surface area contributed by atoms with Gasteiger partial charge in [-0.1, -0.05) is 17.7 Å². The van der Waals surface area contributed by atoms with Crippen LogP contribution in [0.3, 0.4) is 0 Å². The summed E-state index contributed by atoms with van der Waals surface area (Å²) in [4.78, 5) is 0. The highest BCUT2D eigenvalue weighted by molar-refractivity contribution is 6.31. The Bertz CT molecular complexity index is 253. The van der Waals surface area contributed by atoms with Crippen molar-refractivity contribution in [2.45, 2.75) is 12.6 Å². The summed E-state index contributed by atoms with van der Waals surface area (Å²) in [6.07, 6.45) is -2.03. The summed E-state index contributed by atoms with van der Waals surface area (Å²) in [6, 6.07) is 0. The molecule has 0 N–H and O–H groups in total. The van der Waals surface area contributed by atoms with Crippen LogP contribution in [0.1, 0.15) is 6.42 Å². The van der Waals surface area contributed by atoms with Crippen LogP contribution < -0.4 is 0 Å². The number of rotatable bonds is 0. The minimum Gasteiger partial charge on any atom is -0.166 e. The van der Waals surface area contributed by atoms with Gasteiger partial charge in [0.05, 0.1) is 5.57 Å². The Balaban J connectivity index is 2.89. The molecule has 0 aromatic carbocycles. The molecule has 0 bridgehead atoms. The fourth-order valence-corrected chi connectivity index (χ4v) is 0.803. The third-order valence-electron chi connectivity index (χ3n) is 1.23. The fraction of sp³-hybridized carbons (Fsp3) is 0.286. The van der Waals surface area contributed by atoms with E-state index in [4.69, 9.17) is 11.6 Å². The van der Waals surface area contributed by atoms with Crippen LogP contribution >= 0.6 is 11.6 Å². The Morgan fingerprint density at radius 2 is 2.09 bits per heavy atom. The molecule has 1 aliphatic rings. The maximum Gasteiger partial charge on any atom is 0.420 e. The van der Waals surface area contributed by atoms with Gasteiger partial charge in [0.15, 0.2) is 0 Å². The van der Waals surface area contributed by atoms with Gasteiger partial charge in [0.1, 0.15) is 0 Å².